The van der Waals surface area contributed by atoms with Crippen molar-refractivity contribution in [2.45, 2.75) is 13.1 Å². The van der Waals surface area contributed by atoms with Crippen LogP contribution in [0.15, 0.2) is 71.5 Å². The molecule has 0 radical (unpaired) electrons. The third-order valence-corrected chi connectivity index (χ3v) is 5.12. The number of hydrogen-bond donors (Lipinski definition) is 0. The fraction of sp³-hybridized carbons (Fsp3) is 0.0870. The van der Waals surface area contributed by atoms with Crippen molar-refractivity contribution in [3.05, 3.63) is 83.4 Å². The van der Waals surface area contributed by atoms with E-state index < -0.39 is 29.0 Å². The van der Waals surface area contributed by atoms with Gasteiger partial charge in [-0.1, -0.05) is 28.9 Å². The smallest absolute Gasteiger partial charge is 0.336 e. The molecule has 0 saturated carbocycles. The molecule has 10 heteroatoms. The number of alkyl halides is 3. The molecule has 0 aliphatic rings. The maximum absolute atomic E-state index is 14.7. The first-order valence-electron chi connectivity index (χ1n) is 9.51. The molecule has 0 bridgehead atoms. The van der Waals surface area contributed by atoms with Crippen LogP contribution in [0.3, 0.4) is 0 Å². The summed E-state index contributed by atoms with van der Waals surface area (Å²) in [6.45, 7) is 1.26. The molecule has 168 valence electrons. The molecule has 33 heavy (non-hydrogen) atoms. The van der Waals surface area contributed by atoms with Crippen molar-refractivity contribution in [2.75, 3.05) is 4.90 Å². The van der Waals surface area contributed by atoms with Crippen molar-refractivity contribution in [1.29, 1.82) is 0 Å². The van der Waals surface area contributed by atoms with E-state index in [1.54, 1.807) is 24.3 Å². The number of para-hydroxylation sites is 1. The predicted molar refractivity (Wildman–Crippen MR) is 114 cm³/mol. The normalized spacial score (nSPS) is 11.5. The highest BCUT2D eigenvalue weighted by Gasteiger charge is 2.34. The third kappa shape index (κ3) is 4.31. The van der Waals surface area contributed by atoms with Crippen LogP contribution in [0.5, 0.6) is 0 Å². The average molecular weight is 476 g/mol. The molecule has 0 atom stereocenters. The first-order chi connectivity index (χ1) is 15.7. The van der Waals surface area contributed by atoms with Crippen LogP contribution >= 0.6 is 11.6 Å². The van der Waals surface area contributed by atoms with Crippen LogP contribution in [0.1, 0.15) is 12.5 Å². The Balaban J connectivity index is 2.01. The van der Waals surface area contributed by atoms with E-state index in [9.17, 15) is 22.4 Å². The van der Waals surface area contributed by atoms with E-state index in [1.807, 2.05) is 0 Å². The number of nitrogens with zero attached hydrogens (tertiary/aromatic N) is 3. The fourth-order valence-electron chi connectivity index (χ4n) is 3.33. The Hall–Kier alpha value is -3.72. The molecular weight excluding hydrogens is 462 g/mol. The summed E-state index contributed by atoms with van der Waals surface area (Å²) in [5.41, 5.74) is -0.947. The van der Waals surface area contributed by atoms with Gasteiger partial charge in [0, 0.05) is 24.9 Å². The zero-order valence-corrected chi connectivity index (χ0v) is 17.7. The Bertz CT molecular complexity index is 1320. The van der Waals surface area contributed by atoms with Gasteiger partial charge < -0.3 is 4.52 Å². The van der Waals surface area contributed by atoms with Gasteiger partial charge in [0.1, 0.15) is 11.5 Å². The maximum Gasteiger partial charge on any atom is 0.416 e. The van der Waals surface area contributed by atoms with Crippen molar-refractivity contribution in [3.8, 4) is 22.4 Å². The number of pyridine rings is 1. The summed E-state index contributed by atoms with van der Waals surface area (Å²) in [6, 6.07) is 11.5. The Morgan fingerprint density at radius 1 is 1.06 bits per heavy atom. The Morgan fingerprint density at radius 2 is 1.76 bits per heavy atom. The maximum atomic E-state index is 14.7. The molecule has 0 N–H and O–H groups in total. The molecule has 5 nitrogen and oxygen atoms in total. The predicted octanol–water partition coefficient (Wildman–Crippen LogP) is 6.90. The minimum absolute atomic E-state index is 0.103. The minimum Gasteiger partial charge on any atom is -0.336 e. The molecule has 0 unspecified atom stereocenters. The molecule has 0 aliphatic heterocycles. The zero-order chi connectivity index (χ0) is 23.8. The zero-order valence-electron chi connectivity index (χ0n) is 16.9. The molecule has 0 saturated heterocycles. The molecule has 1 amide bonds. The van der Waals surface area contributed by atoms with Gasteiger partial charge in [0.25, 0.3) is 0 Å². The lowest BCUT2D eigenvalue weighted by atomic mass is 9.99. The van der Waals surface area contributed by atoms with Crippen molar-refractivity contribution in [2.24, 2.45) is 0 Å². The van der Waals surface area contributed by atoms with Gasteiger partial charge in [-0.15, -0.1) is 0 Å². The summed E-state index contributed by atoms with van der Waals surface area (Å²) >= 11 is 6.28. The summed E-state index contributed by atoms with van der Waals surface area (Å²) in [4.78, 5) is 17.7. The molecular formula is C23H14ClF4N3O2. The second-order valence-corrected chi connectivity index (χ2v) is 7.35. The van der Waals surface area contributed by atoms with Gasteiger partial charge in [-0.05, 0) is 48.0 Å². The molecule has 4 rings (SSSR count). The Labute approximate surface area is 190 Å². The van der Waals surface area contributed by atoms with Crippen LogP contribution in [0.4, 0.5) is 29.1 Å². The highest BCUT2D eigenvalue weighted by atomic mass is 35.5. The first kappa shape index (κ1) is 22.5. The molecule has 2 aromatic carbocycles. The monoisotopic (exact) mass is 475 g/mol. The lowest BCUT2D eigenvalue weighted by Crippen LogP contribution is -2.23. The summed E-state index contributed by atoms with van der Waals surface area (Å²) in [6.07, 6.45) is -1.83. The van der Waals surface area contributed by atoms with Gasteiger partial charge in [0.05, 0.1) is 21.8 Å². The van der Waals surface area contributed by atoms with Crippen LogP contribution in [-0.4, -0.2) is 16.0 Å². The number of carbonyl (C=O) groups excluding carboxylic acids is 1. The molecule has 0 fully saturated rings. The molecule has 4 aromatic rings. The van der Waals surface area contributed by atoms with Crippen molar-refractivity contribution in [1.82, 2.24) is 10.1 Å². The number of anilines is 2. The number of hydrogen-bond acceptors (Lipinski definition) is 4. The number of aromatic nitrogens is 2. The van der Waals surface area contributed by atoms with Gasteiger partial charge in [-0.2, -0.15) is 13.2 Å². The Kier molecular flexibility index (Phi) is 5.90. The van der Waals surface area contributed by atoms with Crippen LogP contribution < -0.4 is 4.90 Å². The number of amides is 1. The molecule has 2 heterocycles. The lowest BCUT2D eigenvalue weighted by Gasteiger charge is -2.20. The quantitative estimate of drug-likeness (QED) is 0.301. The second-order valence-electron chi connectivity index (χ2n) is 6.95. The van der Waals surface area contributed by atoms with Gasteiger partial charge >= 0.3 is 6.18 Å². The van der Waals surface area contributed by atoms with E-state index in [2.05, 4.69) is 10.1 Å². The molecule has 0 aliphatic carbocycles. The van der Waals surface area contributed by atoms with Crippen LogP contribution in [-0.2, 0) is 11.0 Å². The number of rotatable bonds is 4. The fourth-order valence-corrected chi connectivity index (χ4v) is 3.56. The summed E-state index contributed by atoms with van der Waals surface area (Å²) in [5, 5.41) is 4.08. The van der Waals surface area contributed by atoms with Crippen molar-refractivity contribution in [3.63, 3.8) is 0 Å². The van der Waals surface area contributed by atoms with Crippen molar-refractivity contribution >= 4 is 29.1 Å². The lowest BCUT2D eigenvalue weighted by molar-refractivity contribution is -0.137. The van der Waals surface area contributed by atoms with E-state index in [0.29, 0.717) is 23.8 Å². The largest absolute Gasteiger partial charge is 0.416 e. The summed E-state index contributed by atoms with van der Waals surface area (Å²) in [7, 11) is 0. The van der Waals surface area contributed by atoms with E-state index in [1.165, 1.54) is 31.5 Å². The topological polar surface area (TPSA) is 59.2 Å². The van der Waals surface area contributed by atoms with Crippen LogP contribution in [0, 0.1) is 5.82 Å². The van der Waals surface area contributed by atoms with E-state index in [-0.39, 0.29) is 27.9 Å². The van der Waals surface area contributed by atoms with Gasteiger partial charge in [0.2, 0.25) is 11.8 Å². The van der Waals surface area contributed by atoms with Crippen LogP contribution in [0.2, 0.25) is 5.02 Å². The van der Waals surface area contributed by atoms with Gasteiger partial charge in [-0.25, -0.2) is 9.29 Å². The highest BCUT2D eigenvalue weighted by molar-refractivity contribution is 6.34. The summed E-state index contributed by atoms with van der Waals surface area (Å²) < 4.78 is 60.1. The number of benzene rings is 2. The van der Waals surface area contributed by atoms with E-state index in [4.69, 9.17) is 16.1 Å². The average Bonchev–Trinajstić information content (AvgIpc) is 3.19. The van der Waals surface area contributed by atoms with Crippen LogP contribution in [0.25, 0.3) is 22.4 Å². The Morgan fingerprint density at radius 3 is 2.39 bits per heavy atom. The molecule has 2 aromatic heterocycles. The van der Waals surface area contributed by atoms with E-state index >= 15 is 0 Å². The van der Waals surface area contributed by atoms with Crippen molar-refractivity contribution < 1.29 is 26.9 Å². The SMILES string of the molecule is CC(=O)N(c1ccccc1Cl)c1onc(-c2cc(C(F)(F)F)ccc2F)c1-c1ccncc1. The second kappa shape index (κ2) is 8.67. The number of carbonyl (C=O) groups is 1. The van der Waals surface area contributed by atoms with Gasteiger partial charge in [-0.3, -0.25) is 9.78 Å². The minimum atomic E-state index is -4.70. The number of halogens is 5. The standard InChI is InChI=1S/C23H14ClF4N3O2/c1-13(32)31(19-5-3-2-4-17(19)24)22-20(14-8-10-29-11-9-14)21(30-33-22)16-12-15(23(26,27)28)6-7-18(16)25/h2-12H,1H3. The summed E-state index contributed by atoms with van der Waals surface area (Å²) in [5.74, 6) is -1.58. The first-order valence-corrected chi connectivity index (χ1v) is 9.88. The third-order valence-electron chi connectivity index (χ3n) is 4.80. The van der Waals surface area contributed by atoms with Gasteiger partial charge in [0.15, 0.2) is 0 Å². The highest BCUT2D eigenvalue weighted by Crippen LogP contribution is 2.44. The molecule has 0 spiro atoms. The van der Waals surface area contributed by atoms with E-state index in [0.717, 1.165) is 4.90 Å².